The van der Waals surface area contributed by atoms with Gasteiger partial charge >= 0.3 is 0 Å². The smallest absolute Gasteiger partial charge is 0.0109 e. The lowest BCUT2D eigenvalue weighted by Gasteiger charge is -2.26. The van der Waals surface area contributed by atoms with E-state index in [2.05, 4.69) is 44.7 Å². The fourth-order valence-electron chi connectivity index (χ4n) is 1.66. The summed E-state index contributed by atoms with van der Waals surface area (Å²) in [4.78, 5) is 4.77. The maximum atomic E-state index is 6.08. The molecule has 0 amide bonds. The summed E-state index contributed by atoms with van der Waals surface area (Å²) in [7, 11) is 4.26. The first kappa shape index (κ1) is 15.9. The van der Waals surface area contributed by atoms with Crippen molar-refractivity contribution in [2.45, 2.75) is 39.7 Å². The molecular weight excluding hydrogens is 198 g/mol. The van der Waals surface area contributed by atoms with Gasteiger partial charge in [-0.05, 0) is 45.9 Å². The standard InChI is InChI=1S/C13H31N3/c1-6-8-16(11-10-15(4)5)9-7-13(14)12(2)3/h12-13H,6-11,14H2,1-5H3. The molecule has 0 saturated heterocycles. The maximum Gasteiger partial charge on any atom is 0.0109 e. The van der Waals surface area contributed by atoms with Gasteiger partial charge in [0.05, 0.1) is 0 Å². The highest BCUT2D eigenvalue weighted by atomic mass is 15.2. The van der Waals surface area contributed by atoms with Gasteiger partial charge in [-0.15, -0.1) is 0 Å². The van der Waals surface area contributed by atoms with Crippen molar-refractivity contribution >= 4 is 0 Å². The molecule has 1 unspecified atom stereocenters. The van der Waals surface area contributed by atoms with E-state index in [1.165, 1.54) is 13.0 Å². The van der Waals surface area contributed by atoms with Crippen LogP contribution < -0.4 is 5.73 Å². The second kappa shape index (κ2) is 8.97. The Morgan fingerprint density at radius 3 is 2.06 bits per heavy atom. The molecule has 0 fully saturated rings. The molecule has 2 N–H and O–H groups in total. The lowest BCUT2D eigenvalue weighted by Crippen LogP contribution is -2.37. The summed E-state index contributed by atoms with van der Waals surface area (Å²) >= 11 is 0. The zero-order valence-electron chi connectivity index (χ0n) is 11.9. The van der Waals surface area contributed by atoms with Crippen molar-refractivity contribution in [3.05, 3.63) is 0 Å². The molecule has 0 aliphatic carbocycles. The molecule has 1 atom stereocenters. The number of hydrogen-bond acceptors (Lipinski definition) is 3. The number of nitrogens with two attached hydrogens (primary N) is 1. The van der Waals surface area contributed by atoms with Gasteiger partial charge in [0.2, 0.25) is 0 Å². The fourth-order valence-corrected chi connectivity index (χ4v) is 1.66. The van der Waals surface area contributed by atoms with Crippen molar-refractivity contribution in [1.82, 2.24) is 9.80 Å². The predicted octanol–water partition coefficient (Wildman–Crippen LogP) is 1.63. The second-order valence-electron chi connectivity index (χ2n) is 5.34. The van der Waals surface area contributed by atoms with Crippen molar-refractivity contribution in [1.29, 1.82) is 0 Å². The summed E-state index contributed by atoms with van der Waals surface area (Å²) in [6.07, 6.45) is 2.34. The average molecular weight is 229 g/mol. The maximum absolute atomic E-state index is 6.08. The minimum absolute atomic E-state index is 0.346. The quantitative estimate of drug-likeness (QED) is 0.652. The third-order valence-electron chi connectivity index (χ3n) is 3.04. The van der Waals surface area contributed by atoms with Crippen molar-refractivity contribution in [3.8, 4) is 0 Å². The van der Waals surface area contributed by atoms with Gasteiger partial charge in [-0.3, -0.25) is 0 Å². The van der Waals surface area contributed by atoms with Crippen molar-refractivity contribution in [2.75, 3.05) is 40.3 Å². The first-order valence-electron chi connectivity index (χ1n) is 6.60. The van der Waals surface area contributed by atoms with E-state index in [4.69, 9.17) is 5.73 Å². The molecule has 0 aliphatic heterocycles. The summed E-state index contributed by atoms with van der Waals surface area (Å²) in [5, 5.41) is 0. The molecule has 0 aromatic carbocycles. The third kappa shape index (κ3) is 8.08. The number of nitrogens with zero attached hydrogens (tertiary/aromatic N) is 2. The van der Waals surface area contributed by atoms with Gasteiger partial charge < -0.3 is 15.5 Å². The van der Waals surface area contributed by atoms with Crippen molar-refractivity contribution in [3.63, 3.8) is 0 Å². The van der Waals surface area contributed by atoms with Gasteiger partial charge in [-0.1, -0.05) is 20.8 Å². The Morgan fingerprint density at radius 1 is 1.00 bits per heavy atom. The molecule has 0 saturated carbocycles. The first-order chi connectivity index (χ1) is 7.47. The number of rotatable bonds is 9. The number of likely N-dealkylation sites (N-methyl/N-ethyl adjacent to an activating group) is 1. The largest absolute Gasteiger partial charge is 0.327 e. The monoisotopic (exact) mass is 229 g/mol. The van der Waals surface area contributed by atoms with Gasteiger partial charge in [0.25, 0.3) is 0 Å². The minimum Gasteiger partial charge on any atom is -0.327 e. The highest BCUT2D eigenvalue weighted by Gasteiger charge is 2.10. The molecule has 16 heavy (non-hydrogen) atoms. The van der Waals surface area contributed by atoms with Gasteiger partial charge in [-0.2, -0.15) is 0 Å². The molecule has 3 heteroatoms. The number of hydrogen-bond donors (Lipinski definition) is 1. The molecule has 0 aliphatic rings. The zero-order chi connectivity index (χ0) is 12.6. The summed E-state index contributed by atoms with van der Waals surface area (Å²) in [5.74, 6) is 0.595. The van der Waals surface area contributed by atoms with Crippen LogP contribution in [-0.2, 0) is 0 Å². The van der Waals surface area contributed by atoms with E-state index >= 15 is 0 Å². The molecule has 0 radical (unpaired) electrons. The summed E-state index contributed by atoms with van der Waals surface area (Å²) < 4.78 is 0. The van der Waals surface area contributed by atoms with Crippen LogP contribution in [0.2, 0.25) is 0 Å². The van der Waals surface area contributed by atoms with Crippen LogP contribution in [0.4, 0.5) is 0 Å². The Labute approximate surface area is 102 Å². The van der Waals surface area contributed by atoms with Gasteiger partial charge in [0.1, 0.15) is 0 Å². The zero-order valence-corrected chi connectivity index (χ0v) is 11.9. The van der Waals surface area contributed by atoms with E-state index in [1.807, 2.05) is 0 Å². The molecule has 0 rings (SSSR count). The van der Waals surface area contributed by atoms with Crippen LogP contribution in [0.3, 0.4) is 0 Å². The van der Waals surface area contributed by atoms with E-state index in [0.29, 0.717) is 12.0 Å². The molecule has 0 spiro atoms. The fraction of sp³-hybridized carbons (Fsp3) is 1.00. The van der Waals surface area contributed by atoms with Gasteiger partial charge in [0, 0.05) is 19.1 Å². The molecular formula is C13H31N3. The van der Waals surface area contributed by atoms with Crippen LogP contribution in [-0.4, -0.2) is 56.1 Å². The van der Waals surface area contributed by atoms with Crippen LogP contribution in [0.15, 0.2) is 0 Å². The Bertz CT molecular complexity index is 157. The molecule has 0 bridgehead atoms. The van der Waals surface area contributed by atoms with Crippen LogP contribution in [0.5, 0.6) is 0 Å². The SMILES string of the molecule is CCCN(CCC(N)C(C)C)CCN(C)C. The van der Waals surface area contributed by atoms with E-state index in [9.17, 15) is 0 Å². The molecule has 0 aromatic heterocycles. The Kier molecular flexibility index (Phi) is 8.90. The Balaban J connectivity index is 3.83. The molecule has 3 nitrogen and oxygen atoms in total. The minimum atomic E-state index is 0.346. The molecule has 98 valence electrons. The van der Waals surface area contributed by atoms with E-state index in [-0.39, 0.29) is 0 Å². The topological polar surface area (TPSA) is 32.5 Å². The average Bonchev–Trinajstić information content (AvgIpc) is 2.21. The lowest BCUT2D eigenvalue weighted by atomic mass is 10.0. The second-order valence-corrected chi connectivity index (χ2v) is 5.34. The van der Waals surface area contributed by atoms with Crippen LogP contribution >= 0.6 is 0 Å². The summed E-state index contributed by atoms with van der Waals surface area (Å²) in [6.45, 7) is 11.3. The van der Waals surface area contributed by atoms with Crippen LogP contribution in [0.25, 0.3) is 0 Å². The highest BCUT2D eigenvalue weighted by molar-refractivity contribution is 4.69. The van der Waals surface area contributed by atoms with E-state index in [1.54, 1.807) is 0 Å². The lowest BCUT2D eigenvalue weighted by molar-refractivity contribution is 0.228. The van der Waals surface area contributed by atoms with Crippen LogP contribution in [0, 0.1) is 5.92 Å². The highest BCUT2D eigenvalue weighted by Crippen LogP contribution is 2.04. The summed E-state index contributed by atoms with van der Waals surface area (Å²) in [6, 6.07) is 0.346. The Hall–Kier alpha value is -0.120. The third-order valence-corrected chi connectivity index (χ3v) is 3.04. The normalized spacial score (nSPS) is 14.1. The predicted molar refractivity (Wildman–Crippen MR) is 72.7 cm³/mol. The summed E-state index contributed by atoms with van der Waals surface area (Å²) in [5.41, 5.74) is 6.08. The first-order valence-corrected chi connectivity index (χ1v) is 6.60. The van der Waals surface area contributed by atoms with Crippen LogP contribution in [0.1, 0.15) is 33.6 Å². The van der Waals surface area contributed by atoms with Gasteiger partial charge in [-0.25, -0.2) is 0 Å². The molecule has 0 heterocycles. The van der Waals surface area contributed by atoms with Crippen molar-refractivity contribution in [2.24, 2.45) is 11.7 Å². The van der Waals surface area contributed by atoms with Gasteiger partial charge in [0.15, 0.2) is 0 Å². The Morgan fingerprint density at radius 2 is 1.62 bits per heavy atom. The molecule has 0 aromatic rings. The van der Waals surface area contributed by atoms with Crippen molar-refractivity contribution < 1.29 is 0 Å². The van der Waals surface area contributed by atoms with E-state index < -0.39 is 0 Å². The van der Waals surface area contributed by atoms with E-state index in [0.717, 1.165) is 26.1 Å².